The third-order valence-corrected chi connectivity index (χ3v) is 4.41. The zero-order valence-corrected chi connectivity index (χ0v) is 15.9. The van der Waals surface area contributed by atoms with Gasteiger partial charge in [-0.3, -0.25) is 4.79 Å². The second kappa shape index (κ2) is 9.27. The lowest BCUT2D eigenvalue weighted by molar-refractivity contribution is -0.274. The summed E-state index contributed by atoms with van der Waals surface area (Å²) in [5.41, 5.74) is 0.553. The Kier molecular flexibility index (Phi) is 6.71. The van der Waals surface area contributed by atoms with Gasteiger partial charge in [-0.05, 0) is 24.6 Å². The summed E-state index contributed by atoms with van der Waals surface area (Å²) in [5, 5.41) is 21.0. The van der Waals surface area contributed by atoms with E-state index in [0.717, 1.165) is 18.3 Å². The van der Waals surface area contributed by atoms with Crippen LogP contribution < -0.4 is 15.0 Å². The van der Waals surface area contributed by atoms with Crippen molar-refractivity contribution in [3.8, 4) is 5.75 Å². The van der Waals surface area contributed by atoms with Crippen LogP contribution in [0.4, 0.5) is 29.2 Å². The lowest BCUT2D eigenvalue weighted by atomic mass is 10.1. The smallest absolute Gasteiger partial charge is 0.404 e. The van der Waals surface area contributed by atoms with Gasteiger partial charge in [0.15, 0.2) is 11.6 Å². The van der Waals surface area contributed by atoms with Crippen molar-refractivity contribution in [3.63, 3.8) is 0 Å². The maximum absolute atomic E-state index is 14.3. The van der Waals surface area contributed by atoms with Gasteiger partial charge in [-0.25, -0.2) is 14.4 Å². The Morgan fingerprint density at radius 2 is 2.06 bits per heavy atom. The fraction of sp³-hybridized carbons (Fsp3) is 0.316. The summed E-state index contributed by atoms with van der Waals surface area (Å²) in [5.74, 6) is -1.56. The van der Waals surface area contributed by atoms with Gasteiger partial charge in [0.2, 0.25) is 0 Å². The van der Waals surface area contributed by atoms with E-state index in [0.29, 0.717) is 5.57 Å². The number of amides is 1. The fourth-order valence-corrected chi connectivity index (χ4v) is 2.88. The lowest BCUT2D eigenvalue weighted by Crippen LogP contribution is -2.32. The summed E-state index contributed by atoms with van der Waals surface area (Å²) in [4.78, 5) is 21.7. The van der Waals surface area contributed by atoms with Gasteiger partial charge in [0.05, 0.1) is 12.8 Å². The van der Waals surface area contributed by atoms with Crippen LogP contribution in [-0.2, 0) is 4.79 Å². The zero-order chi connectivity index (χ0) is 22.6. The molecule has 8 nitrogen and oxygen atoms in total. The number of nitrogens with zero attached hydrogens (tertiary/aromatic N) is 3. The second-order valence-electron chi connectivity index (χ2n) is 6.58. The summed E-state index contributed by atoms with van der Waals surface area (Å²) in [6.07, 6.45) is -2.11. The minimum Gasteiger partial charge on any atom is -0.404 e. The van der Waals surface area contributed by atoms with Crippen LogP contribution in [0.3, 0.4) is 0 Å². The molecule has 2 aromatic heterocycles. The summed E-state index contributed by atoms with van der Waals surface area (Å²) in [6, 6.07) is 3.29. The highest BCUT2D eigenvalue weighted by Crippen LogP contribution is 2.25. The number of ether oxygens (including phenoxy) is 1. The number of carbonyl (C=O) groups excluding carboxylic acids is 1. The number of alkyl halides is 3. The molecule has 3 N–H and O–H groups in total. The summed E-state index contributed by atoms with van der Waals surface area (Å²) >= 11 is 0. The molecule has 0 bridgehead atoms. The molecule has 0 aliphatic carbocycles. The van der Waals surface area contributed by atoms with Crippen LogP contribution in [0.1, 0.15) is 18.1 Å². The van der Waals surface area contributed by atoms with E-state index in [1.165, 1.54) is 12.3 Å². The first kappa shape index (κ1) is 22.4. The van der Waals surface area contributed by atoms with Crippen LogP contribution in [-0.4, -0.2) is 52.1 Å². The van der Waals surface area contributed by atoms with Crippen molar-refractivity contribution in [2.75, 3.05) is 29.9 Å². The number of aliphatic hydroxyl groups excluding tert-OH is 2. The number of hydrogen-bond donors (Lipinski definition) is 3. The van der Waals surface area contributed by atoms with E-state index >= 15 is 0 Å². The van der Waals surface area contributed by atoms with Gasteiger partial charge in [-0.2, -0.15) is 0 Å². The van der Waals surface area contributed by atoms with E-state index in [-0.39, 0.29) is 36.7 Å². The molecule has 0 aromatic carbocycles. The molecule has 0 fully saturated rings. The number of pyridine rings is 2. The fourth-order valence-electron chi connectivity index (χ4n) is 2.88. The molecule has 0 radical (unpaired) electrons. The van der Waals surface area contributed by atoms with Crippen LogP contribution >= 0.6 is 0 Å². The second-order valence-corrected chi connectivity index (χ2v) is 6.58. The van der Waals surface area contributed by atoms with Crippen LogP contribution in [0, 0.1) is 5.82 Å². The molecule has 2 aromatic rings. The largest absolute Gasteiger partial charge is 0.573 e. The minimum atomic E-state index is -4.83. The number of hydrogen-bond acceptors (Lipinski definition) is 7. The van der Waals surface area contributed by atoms with Crippen molar-refractivity contribution in [1.82, 2.24) is 9.97 Å². The number of nitrogens with one attached hydrogen (secondary N) is 1. The number of aromatic nitrogens is 2. The van der Waals surface area contributed by atoms with Crippen molar-refractivity contribution in [3.05, 3.63) is 53.6 Å². The van der Waals surface area contributed by atoms with Crippen molar-refractivity contribution < 1.29 is 37.3 Å². The van der Waals surface area contributed by atoms with Crippen molar-refractivity contribution in [2.24, 2.45) is 0 Å². The van der Waals surface area contributed by atoms with Crippen molar-refractivity contribution >= 4 is 17.5 Å². The van der Waals surface area contributed by atoms with Crippen molar-refractivity contribution in [2.45, 2.75) is 18.9 Å². The average Bonchev–Trinajstić information content (AvgIpc) is 2.73. The molecule has 3 heterocycles. The molecule has 31 heavy (non-hydrogen) atoms. The molecule has 1 amide bonds. The minimum absolute atomic E-state index is 0.0477. The number of anilines is 2. The normalized spacial score (nSPS) is 15.3. The van der Waals surface area contributed by atoms with Crippen LogP contribution in [0.5, 0.6) is 5.75 Å². The molecule has 1 aliphatic heterocycles. The van der Waals surface area contributed by atoms with E-state index in [1.807, 2.05) is 0 Å². The molecule has 0 saturated heterocycles. The third-order valence-electron chi connectivity index (χ3n) is 4.41. The van der Waals surface area contributed by atoms with E-state index in [4.69, 9.17) is 5.11 Å². The number of aliphatic hydroxyl groups is 2. The Labute approximate surface area is 173 Å². The van der Waals surface area contributed by atoms with Gasteiger partial charge in [0, 0.05) is 30.4 Å². The Balaban J connectivity index is 1.60. The highest BCUT2D eigenvalue weighted by Gasteiger charge is 2.31. The van der Waals surface area contributed by atoms with E-state index in [1.54, 1.807) is 11.0 Å². The monoisotopic (exact) mass is 442 g/mol. The molecule has 3 rings (SSSR count). The summed E-state index contributed by atoms with van der Waals surface area (Å²) < 4.78 is 54.5. The Bertz CT molecular complexity index is 966. The summed E-state index contributed by atoms with van der Waals surface area (Å²) in [7, 11) is 0. The topological polar surface area (TPSA) is 108 Å². The van der Waals surface area contributed by atoms with Gasteiger partial charge >= 0.3 is 6.36 Å². The van der Waals surface area contributed by atoms with Gasteiger partial charge in [0.1, 0.15) is 17.7 Å². The van der Waals surface area contributed by atoms with E-state index < -0.39 is 36.5 Å². The molecular formula is C19H18F4N4O4. The molecular weight excluding hydrogens is 424 g/mol. The standard InChI is InChI=1S/C19H18F4N4O4/c20-14-7-12(15(29)10-28)8-25-17(14)27-5-3-11(4-6-27)18(30)26-16-2-1-13(9-24-16)31-19(21,22)23/h1-3,7-9,15,28-29H,4-6,10H2,(H,24,26,30)/t15-/m1/s1. The Morgan fingerprint density at radius 3 is 2.61 bits per heavy atom. The molecule has 166 valence electrons. The zero-order valence-electron chi connectivity index (χ0n) is 15.9. The molecule has 1 atom stereocenters. The summed E-state index contributed by atoms with van der Waals surface area (Å²) in [6.45, 7) is -0.0739. The molecule has 1 aliphatic rings. The first-order valence-electron chi connectivity index (χ1n) is 9.08. The Hall–Kier alpha value is -3.25. The van der Waals surface area contributed by atoms with Gasteiger partial charge in [-0.1, -0.05) is 6.08 Å². The maximum atomic E-state index is 14.3. The van der Waals surface area contributed by atoms with E-state index in [9.17, 15) is 27.5 Å². The third kappa shape index (κ3) is 5.89. The lowest BCUT2D eigenvalue weighted by Gasteiger charge is -2.27. The van der Waals surface area contributed by atoms with Gasteiger partial charge in [0.25, 0.3) is 5.91 Å². The number of halogens is 4. The molecule has 0 saturated carbocycles. The first-order valence-corrected chi connectivity index (χ1v) is 9.08. The quantitative estimate of drug-likeness (QED) is 0.590. The maximum Gasteiger partial charge on any atom is 0.573 e. The molecule has 12 heteroatoms. The average molecular weight is 442 g/mol. The van der Waals surface area contributed by atoms with Gasteiger partial charge in [-0.15, -0.1) is 13.2 Å². The number of carbonyl (C=O) groups is 1. The first-order chi connectivity index (χ1) is 14.7. The highest BCUT2D eigenvalue weighted by molar-refractivity contribution is 6.03. The van der Waals surface area contributed by atoms with Crippen LogP contribution in [0.15, 0.2) is 42.2 Å². The van der Waals surface area contributed by atoms with Crippen LogP contribution in [0.2, 0.25) is 0 Å². The van der Waals surface area contributed by atoms with Crippen molar-refractivity contribution in [1.29, 1.82) is 0 Å². The van der Waals surface area contributed by atoms with Gasteiger partial charge < -0.3 is 25.2 Å². The SMILES string of the molecule is O=C(Nc1ccc(OC(F)(F)F)cn1)C1=CCN(c2ncc([C@H](O)CO)cc2F)CC1. The van der Waals surface area contributed by atoms with E-state index in [2.05, 4.69) is 20.0 Å². The molecule has 0 unspecified atom stereocenters. The molecule has 0 spiro atoms. The predicted molar refractivity (Wildman–Crippen MR) is 101 cm³/mol. The predicted octanol–water partition coefficient (Wildman–Crippen LogP) is 2.32. The Morgan fingerprint density at radius 1 is 1.29 bits per heavy atom. The number of rotatable bonds is 6. The van der Waals surface area contributed by atoms with Crippen LogP contribution in [0.25, 0.3) is 0 Å². The highest BCUT2D eigenvalue weighted by atomic mass is 19.4.